The molecule has 0 spiro atoms. The first kappa shape index (κ1) is 20.7. The van der Waals surface area contributed by atoms with Crippen LogP contribution in [0.2, 0.25) is 0 Å². The number of aryl methyl sites for hydroxylation is 2. The molecule has 1 N–H and O–H groups in total. The topological polar surface area (TPSA) is 116 Å². The van der Waals surface area contributed by atoms with Gasteiger partial charge in [0.1, 0.15) is 17.2 Å². The Morgan fingerprint density at radius 3 is 1.84 bits per heavy atom. The molecule has 25 heavy (non-hydrogen) atoms. The van der Waals surface area contributed by atoms with Crippen molar-refractivity contribution in [2.45, 2.75) is 13.8 Å². The van der Waals surface area contributed by atoms with Gasteiger partial charge in [0.15, 0.2) is 0 Å². The molecule has 0 heterocycles. The minimum atomic E-state index is -4.19. The number of hydrogen-bond donors (Lipinski definition) is 1. The van der Waals surface area contributed by atoms with E-state index in [1.807, 2.05) is 0 Å². The lowest BCUT2D eigenvalue weighted by atomic mass is 10.1. The molecule has 0 saturated carbocycles. The first-order valence-electron chi connectivity index (χ1n) is 6.76. The summed E-state index contributed by atoms with van der Waals surface area (Å²) in [5, 5.41) is 10.8. The molecule has 136 valence electrons. The maximum atomic E-state index is 10.8. The Balaban J connectivity index is 0.000000550. The van der Waals surface area contributed by atoms with E-state index in [0.717, 1.165) is 16.9 Å². The summed E-state index contributed by atoms with van der Waals surface area (Å²) in [6.45, 7) is 3.58. The molecule has 0 aromatic heterocycles. The van der Waals surface area contributed by atoms with Crippen molar-refractivity contribution in [1.29, 1.82) is 0 Å². The number of non-ortho nitro benzene ring substituents is 1. The Morgan fingerprint density at radius 1 is 1.08 bits per heavy atom. The van der Waals surface area contributed by atoms with Crippen LogP contribution in [0.15, 0.2) is 36.4 Å². The number of methoxy groups -OCH3 is 1. The van der Waals surface area contributed by atoms with Crippen molar-refractivity contribution in [2.24, 2.45) is 0 Å². The van der Waals surface area contributed by atoms with Crippen LogP contribution in [0.4, 0.5) is 5.69 Å². The smallest absolute Gasteiger partial charge is 0.353 e. The predicted molar refractivity (Wildman–Crippen MR) is 93.0 cm³/mol. The summed E-state index contributed by atoms with van der Waals surface area (Å²) in [6.07, 6.45) is 0. The van der Waals surface area contributed by atoms with Gasteiger partial charge in [-0.05, 0) is 49.2 Å². The van der Waals surface area contributed by atoms with Gasteiger partial charge in [-0.25, -0.2) is 0 Å². The van der Waals surface area contributed by atoms with Gasteiger partial charge in [-0.3, -0.25) is 14.7 Å². The lowest BCUT2D eigenvalue weighted by Gasteiger charge is -2.12. The van der Waals surface area contributed by atoms with Crippen molar-refractivity contribution in [3.8, 4) is 17.2 Å². The molecule has 0 unspecified atom stereocenters. The molecule has 2 aromatic carbocycles. The third kappa shape index (κ3) is 7.38. The predicted octanol–water partition coefficient (Wildman–Crippen LogP) is 4.04. The van der Waals surface area contributed by atoms with Crippen molar-refractivity contribution in [2.75, 3.05) is 7.11 Å². The van der Waals surface area contributed by atoms with E-state index in [4.69, 9.17) is 22.4 Å². The molecule has 0 radical (unpaired) electrons. The van der Waals surface area contributed by atoms with Gasteiger partial charge in [0, 0.05) is 22.8 Å². The van der Waals surface area contributed by atoms with Gasteiger partial charge in [-0.1, -0.05) is 0 Å². The molecule has 0 aliphatic carbocycles. The van der Waals surface area contributed by atoms with Crippen LogP contribution in [0.1, 0.15) is 11.1 Å². The highest BCUT2D eigenvalue weighted by atomic mass is 35.7. The molecule has 0 aliphatic rings. The summed E-state index contributed by atoms with van der Waals surface area (Å²) in [5.74, 6) is 2.04. The maximum absolute atomic E-state index is 10.8. The summed E-state index contributed by atoms with van der Waals surface area (Å²) >= 11 is 0. The second-order valence-corrected chi connectivity index (χ2v) is 6.85. The van der Waals surface area contributed by atoms with Gasteiger partial charge in [0.05, 0.1) is 12.0 Å². The number of ether oxygens (including phenoxy) is 2. The molecule has 8 nitrogen and oxygen atoms in total. The fraction of sp³-hybridized carbons (Fsp3) is 0.200. The lowest BCUT2D eigenvalue weighted by molar-refractivity contribution is -0.385. The number of nitro benzene ring substituents is 1. The van der Waals surface area contributed by atoms with Crippen LogP contribution in [-0.2, 0) is 9.33 Å². The average Bonchev–Trinajstić information content (AvgIpc) is 2.49. The molecule has 2 rings (SSSR count). The maximum Gasteiger partial charge on any atom is 0.353 e. The van der Waals surface area contributed by atoms with Gasteiger partial charge in [-0.2, -0.15) is 8.42 Å². The number of halogens is 1. The highest BCUT2D eigenvalue weighted by Gasteiger charge is 2.13. The summed E-state index contributed by atoms with van der Waals surface area (Å²) in [6, 6.07) is 10.2. The zero-order valence-electron chi connectivity index (χ0n) is 13.6. The molecular formula is C15H16ClNO7S. The number of benzene rings is 2. The molecule has 10 heteroatoms. The SMILES string of the molecule is COc1ccc(Oc2c(C)cc([N+](=O)[O-])cc2C)cc1.O=S(=O)(O)Cl. The van der Waals surface area contributed by atoms with Crippen molar-refractivity contribution >= 4 is 25.7 Å². The Kier molecular flexibility index (Phi) is 7.16. The van der Waals surface area contributed by atoms with Crippen molar-refractivity contribution in [3.63, 3.8) is 0 Å². The first-order valence-corrected chi connectivity index (χ1v) is 9.02. The molecule has 0 fully saturated rings. The van der Waals surface area contributed by atoms with E-state index in [9.17, 15) is 10.1 Å². The van der Waals surface area contributed by atoms with Crippen LogP contribution in [0.3, 0.4) is 0 Å². The Bertz CT molecular complexity index is 820. The van der Waals surface area contributed by atoms with Crippen LogP contribution in [0, 0.1) is 24.0 Å². The Morgan fingerprint density at radius 2 is 1.48 bits per heavy atom. The van der Waals surface area contributed by atoms with Gasteiger partial charge < -0.3 is 9.47 Å². The average molecular weight is 390 g/mol. The van der Waals surface area contributed by atoms with Crippen LogP contribution < -0.4 is 9.47 Å². The highest BCUT2D eigenvalue weighted by Crippen LogP contribution is 2.32. The minimum Gasteiger partial charge on any atom is -0.497 e. The molecular weight excluding hydrogens is 374 g/mol. The quantitative estimate of drug-likeness (QED) is 0.363. The fourth-order valence-corrected chi connectivity index (χ4v) is 1.96. The monoisotopic (exact) mass is 389 g/mol. The van der Waals surface area contributed by atoms with Gasteiger partial charge in [0.25, 0.3) is 5.69 Å². The van der Waals surface area contributed by atoms with E-state index >= 15 is 0 Å². The van der Waals surface area contributed by atoms with E-state index in [2.05, 4.69) is 10.7 Å². The first-order chi connectivity index (χ1) is 11.5. The van der Waals surface area contributed by atoms with Crippen LogP contribution >= 0.6 is 10.7 Å². The van der Waals surface area contributed by atoms with Crippen molar-refractivity contribution in [1.82, 2.24) is 0 Å². The van der Waals surface area contributed by atoms with Crippen LogP contribution in [0.25, 0.3) is 0 Å². The molecule has 0 atom stereocenters. The second-order valence-electron chi connectivity index (χ2n) is 4.86. The number of hydrogen-bond acceptors (Lipinski definition) is 6. The minimum absolute atomic E-state index is 0.0714. The molecule has 0 saturated heterocycles. The normalized spacial score (nSPS) is 10.4. The van der Waals surface area contributed by atoms with E-state index in [1.54, 1.807) is 45.2 Å². The lowest BCUT2D eigenvalue weighted by Crippen LogP contribution is -1.95. The standard InChI is InChI=1S/C15H15NO4.ClHO3S/c1-10-8-12(16(17)18)9-11(2)15(10)20-14-6-4-13(19-3)5-7-14;1-5(2,3)4/h4-9H,1-3H3;(H,2,3,4). The van der Waals surface area contributed by atoms with Gasteiger partial charge >= 0.3 is 9.33 Å². The second kappa shape index (κ2) is 8.65. The van der Waals surface area contributed by atoms with Gasteiger partial charge in [-0.15, -0.1) is 0 Å². The molecule has 0 amide bonds. The fourth-order valence-electron chi connectivity index (χ4n) is 1.96. The summed E-state index contributed by atoms with van der Waals surface area (Å²) in [7, 11) is 1.46. The third-order valence-electron chi connectivity index (χ3n) is 2.94. The summed E-state index contributed by atoms with van der Waals surface area (Å²) < 4.78 is 36.0. The number of nitro groups is 1. The van der Waals surface area contributed by atoms with Crippen molar-refractivity contribution in [3.05, 3.63) is 57.6 Å². The number of rotatable bonds is 4. The van der Waals surface area contributed by atoms with Crippen LogP contribution in [-0.4, -0.2) is 25.0 Å². The zero-order chi connectivity index (χ0) is 19.2. The molecule has 0 bridgehead atoms. The molecule has 0 aliphatic heterocycles. The zero-order valence-corrected chi connectivity index (χ0v) is 15.2. The number of nitrogens with zero attached hydrogens (tertiary/aromatic N) is 1. The van der Waals surface area contributed by atoms with E-state index in [-0.39, 0.29) is 5.69 Å². The van der Waals surface area contributed by atoms with E-state index in [1.165, 1.54) is 12.1 Å². The molecule has 2 aromatic rings. The van der Waals surface area contributed by atoms with Gasteiger partial charge in [0.2, 0.25) is 0 Å². The highest BCUT2D eigenvalue weighted by molar-refractivity contribution is 8.09. The summed E-state index contributed by atoms with van der Waals surface area (Å²) in [5.41, 5.74) is 1.53. The van der Waals surface area contributed by atoms with E-state index < -0.39 is 14.3 Å². The Labute approximate surface area is 149 Å². The van der Waals surface area contributed by atoms with E-state index in [0.29, 0.717) is 11.5 Å². The third-order valence-corrected chi connectivity index (χ3v) is 2.94. The van der Waals surface area contributed by atoms with Crippen molar-refractivity contribution < 1.29 is 27.4 Å². The summed E-state index contributed by atoms with van der Waals surface area (Å²) in [4.78, 5) is 10.4. The largest absolute Gasteiger partial charge is 0.497 e. The van der Waals surface area contributed by atoms with Crippen LogP contribution in [0.5, 0.6) is 17.2 Å². The Hall–Kier alpha value is -2.36.